The number of carbonyl (C=O) groups excluding carboxylic acids is 1. The van der Waals surface area contributed by atoms with E-state index in [2.05, 4.69) is 4.18 Å². The Morgan fingerprint density at radius 2 is 1.82 bits per heavy atom. The first-order valence-corrected chi connectivity index (χ1v) is 7.55. The van der Waals surface area contributed by atoms with Crippen LogP contribution in [0.2, 0.25) is 0 Å². The zero-order chi connectivity index (χ0) is 16.7. The lowest BCUT2D eigenvalue weighted by Gasteiger charge is -2.19. The number of anilines is 1. The van der Waals surface area contributed by atoms with E-state index in [0.717, 1.165) is 6.08 Å². The third-order valence-corrected chi connectivity index (χ3v) is 4.10. The minimum atomic E-state index is -5.81. The van der Waals surface area contributed by atoms with Gasteiger partial charge in [-0.05, 0) is 25.1 Å². The van der Waals surface area contributed by atoms with Gasteiger partial charge < -0.3 is 9.08 Å². The molecule has 1 atom stereocenters. The molecule has 1 amide bonds. The largest absolute Gasteiger partial charge is 0.534 e. The van der Waals surface area contributed by atoms with Gasteiger partial charge in [0, 0.05) is 12.6 Å². The molecule has 9 heteroatoms. The summed E-state index contributed by atoms with van der Waals surface area (Å²) in [5.74, 6) is -1.75. The molecule has 1 aromatic carbocycles. The number of hydrogen-bond acceptors (Lipinski definition) is 4. The highest BCUT2D eigenvalue weighted by molar-refractivity contribution is 7.87. The van der Waals surface area contributed by atoms with Gasteiger partial charge >= 0.3 is 15.6 Å². The molecule has 0 bridgehead atoms. The van der Waals surface area contributed by atoms with Crippen molar-refractivity contribution < 1.29 is 30.6 Å². The highest BCUT2D eigenvalue weighted by Gasteiger charge is 2.49. The number of halogens is 3. The molecule has 1 unspecified atom stereocenters. The molecule has 0 aromatic heterocycles. The van der Waals surface area contributed by atoms with Crippen molar-refractivity contribution in [2.75, 3.05) is 11.9 Å². The number of carbonyl (C=O) groups is 1. The van der Waals surface area contributed by atoms with Crippen molar-refractivity contribution in [3.63, 3.8) is 0 Å². The summed E-state index contributed by atoms with van der Waals surface area (Å²) < 4.78 is 64.2. The van der Waals surface area contributed by atoms with Crippen LogP contribution in [0.15, 0.2) is 30.3 Å². The van der Waals surface area contributed by atoms with E-state index in [1.54, 1.807) is 6.07 Å². The van der Waals surface area contributed by atoms with Crippen molar-refractivity contribution in [2.24, 2.45) is 5.92 Å². The first-order chi connectivity index (χ1) is 10.0. The number of alkyl halides is 3. The van der Waals surface area contributed by atoms with Gasteiger partial charge in [0.05, 0.1) is 11.6 Å². The first-order valence-electron chi connectivity index (χ1n) is 6.14. The van der Waals surface area contributed by atoms with Crippen LogP contribution in [-0.2, 0) is 19.1 Å². The fraction of sp³-hybridized carbons (Fsp3) is 0.308. The average Bonchev–Trinajstić information content (AvgIpc) is 2.50. The standard InChI is InChI=1S/C13H12F3NO4S/c1-8-7-11(21-22(19,20)13(14,15)16)9-5-3-4-6-10(9)17(2)12(8)18/h3-8H,1-2H3. The van der Waals surface area contributed by atoms with E-state index >= 15 is 0 Å². The molecule has 0 saturated carbocycles. The minimum Gasteiger partial charge on any atom is -0.376 e. The molecule has 0 aliphatic carbocycles. The number of nitrogens with zero attached hydrogens (tertiary/aromatic N) is 1. The van der Waals surface area contributed by atoms with Gasteiger partial charge in [-0.3, -0.25) is 4.79 Å². The SMILES string of the molecule is CC1C=C(OS(=O)(=O)C(F)(F)F)c2ccccc2N(C)C1=O. The van der Waals surface area contributed by atoms with Crippen molar-refractivity contribution in [2.45, 2.75) is 12.4 Å². The second kappa shape index (κ2) is 5.31. The van der Waals surface area contributed by atoms with Gasteiger partial charge in [0.2, 0.25) is 5.91 Å². The highest BCUT2D eigenvalue weighted by Crippen LogP contribution is 2.36. The Hall–Kier alpha value is -2.03. The summed E-state index contributed by atoms with van der Waals surface area (Å²) in [5.41, 5.74) is -5.19. The second-order valence-corrected chi connectivity index (χ2v) is 6.26. The van der Waals surface area contributed by atoms with Crippen LogP contribution in [0.4, 0.5) is 18.9 Å². The molecule has 5 nitrogen and oxygen atoms in total. The van der Waals surface area contributed by atoms with Crippen LogP contribution in [0.25, 0.3) is 5.76 Å². The van der Waals surface area contributed by atoms with Gasteiger partial charge in [-0.1, -0.05) is 12.1 Å². The van der Waals surface area contributed by atoms with E-state index in [-0.39, 0.29) is 11.3 Å². The lowest BCUT2D eigenvalue weighted by molar-refractivity contribution is -0.120. The molecule has 1 heterocycles. The molecular formula is C13H12F3NO4S. The number of benzene rings is 1. The fourth-order valence-electron chi connectivity index (χ4n) is 2.02. The van der Waals surface area contributed by atoms with Crippen molar-refractivity contribution in [3.05, 3.63) is 35.9 Å². The Kier molecular flexibility index (Phi) is 3.94. The summed E-state index contributed by atoms with van der Waals surface area (Å²) in [6.45, 7) is 1.44. The van der Waals surface area contributed by atoms with Crippen LogP contribution in [0, 0.1) is 5.92 Å². The summed E-state index contributed by atoms with van der Waals surface area (Å²) in [4.78, 5) is 13.3. The van der Waals surface area contributed by atoms with Gasteiger partial charge in [0.15, 0.2) is 0 Å². The summed E-state index contributed by atoms with van der Waals surface area (Å²) >= 11 is 0. The Balaban J connectivity index is 2.57. The molecule has 1 aliphatic heterocycles. The number of hydrogen-bond donors (Lipinski definition) is 0. The Morgan fingerprint density at radius 1 is 1.23 bits per heavy atom. The van der Waals surface area contributed by atoms with E-state index in [9.17, 15) is 26.4 Å². The number of amides is 1. The number of para-hydroxylation sites is 1. The zero-order valence-corrected chi connectivity index (χ0v) is 12.4. The third-order valence-electron chi connectivity index (χ3n) is 3.14. The lowest BCUT2D eigenvalue weighted by Crippen LogP contribution is -2.30. The van der Waals surface area contributed by atoms with E-state index in [1.165, 1.54) is 37.1 Å². The summed E-state index contributed by atoms with van der Waals surface area (Å²) in [6.07, 6.45) is 1.06. The van der Waals surface area contributed by atoms with Gasteiger partial charge in [-0.15, -0.1) is 0 Å². The Morgan fingerprint density at radius 3 is 2.41 bits per heavy atom. The predicted molar refractivity (Wildman–Crippen MR) is 73.1 cm³/mol. The number of fused-ring (bicyclic) bond motifs is 1. The van der Waals surface area contributed by atoms with E-state index in [1.807, 2.05) is 0 Å². The second-order valence-electron chi connectivity index (χ2n) is 4.72. The van der Waals surface area contributed by atoms with Crippen LogP contribution in [0.3, 0.4) is 0 Å². The first kappa shape index (κ1) is 16.3. The fourth-order valence-corrected chi connectivity index (χ4v) is 2.50. The van der Waals surface area contributed by atoms with Gasteiger partial charge in [0.1, 0.15) is 5.76 Å². The van der Waals surface area contributed by atoms with Crippen LogP contribution >= 0.6 is 0 Å². The topological polar surface area (TPSA) is 63.7 Å². The molecule has 0 spiro atoms. The van der Waals surface area contributed by atoms with E-state index < -0.39 is 33.2 Å². The molecule has 0 radical (unpaired) electrons. The predicted octanol–water partition coefficient (Wildman–Crippen LogP) is 2.51. The molecule has 0 fully saturated rings. The molecule has 0 saturated heterocycles. The molecule has 1 aromatic rings. The summed E-state index contributed by atoms with van der Waals surface area (Å²) in [5, 5.41) is 0. The van der Waals surface area contributed by atoms with Crippen LogP contribution in [0.5, 0.6) is 0 Å². The maximum absolute atomic E-state index is 12.5. The van der Waals surface area contributed by atoms with Crippen LogP contribution < -0.4 is 4.90 Å². The normalized spacial score (nSPS) is 19.3. The molecule has 0 N–H and O–H groups in total. The smallest absolute Gasteiger partial charge is 0.376 e. The van der Waals surface area contributed by atoms with Gasteiger partial charge in [0.25, 0.3) is 0 Å². The van der Waals surface area contributed by atoms with Crippen molar-refractivity contribution in [3.8, 4) is 0 Å². The van der Waals surface area contributed by atoms with E-state index in [4.69, 9.17) is 0 Å². The molecule has 22 heavy (non-hydrogen) atoms. The molecular weight excluding hydrogens is 323 g/mol. The minimum absolute atomic E-state index is 0.0931. The lowest BCUT2D eigenvalue weighted by atomic mass is 10.1. The summed E-state index contributed by atoms with van der Waals surface area (Å²) in [6, 6.07) is 5.95. The van der Waals surface area contributed by atoms with Crippen molar-refractivity contribution in [1.29, 1.82) is 0 Å². The summed E-state index contributed by atoms with van der Waals surface area (Å²) in [7, 11) is -4.36. The maximum Gasteiger partial charge on any atom is 0.534 e. The van der Waals surface area contributed by atoms with Crippen LogP contribution in [-0.4, -0.2) is 26.9 Å². The van der Waals surface area contributed by atoms with E-state index in [0.29, 0.717) is 0 Å². The van der Waals surface area contributed by atoms with Gasteiger partial charge in [-0.25, -0.2) is 0 Å². The number of rotatable bonds is 2. The molecule has 1 aliphatic rings. The molecule has 120 valence electrons. The maximum atomic E-state index is 12.5. The highest BCUT2D eigenvalue weighted by atomic mass is 32.2. The van der Waals surface area contributed by atoms with Crippen molar-refractivity contribution in [1.82, 2.24) is 0 Å². The van der Waals surface area contributed by atoms with Crippen LogP contribution in [0.1, 0.15) is 12.5 Å². The average molecular weight is 335 g/mol. The Labute approximate surface area is 125 Å². The molecule has 2 rings (SSSR count). The quantitative estimate of drug-likeness (QED) is 0.615. The zero-order valence-electron chi connectivity index (χ0n) is 11.6. The Bertz CT molecular complexity index is 740. The van der Waals surface area contributed by atoms with Crippen molar-refractivity contribution >= 4 is 27.5 Å². The van der Waals surface area contributed by atoms with Gasteiger partial charge in [-0.2, -0.15) is 21.6 Å². The monoisotopic (exact) mass is 335 g/mol. The third kappa shape index (κ3) is 2.80.